The van der Waals surface area contributed by atoms with Gasteiger partial charge in [-0.15, -0.1) is 0 Å². The van der Waals surface area contributed by atoms with Crippen LogP contribution in [0.25, 0.3) is 0 Å². The number of ketones is 1. The van der Waals surface area contributed by atoms with Gasteiger partial charge in [0.25, 0.3) is 0 Å². The molecule has 0 radical (unpaired) electrons. The molecular weight excluding hydrogens is 255 g/mol. The molecule has 2 nitrogen and oxygen atoms in total. The lowest BCUT2D eigenvalue weighted by atomic mass is 9.78. The second kappa shape index (κ2) is 6.87. The molecule has 0 amide bonds. The third-order valence-corrected chi connectivity index (χ3v) is 4.51. The minimum absolute atomic E-state index is 0.114. The van der Waals surface area contributed by atoms with Crippen LogP contribution in [0.4, 0.5) is 4.39 Å². The normalized spacial score (nSPS) is 22.6. The van der Waals surface area contributed by atoms with Crippen LogP contribution in [-0.4, -0.2) is 12.9 Å². The number of hydrogen-bond donors (Lipinski definition) is 0. The van der Waals surface area contributed by atoms with Gasteiger partial charge in [0.1, 0.15) is 5.78 Å². The molecule has 0 unspecified atom stereocenters. The van der Waals surface area contributed by atoms with Crippen LogP contribution < -0.4 is 4.74 Å². The highest BCUT2D eigenvalue weighted by molar-refractivity contribution is 5.83. The molecule has 1 aliphatic rings. The van der Waals surface area contributed by atoms with Crippen LogP contribution in [0.15, 0.2) is 18.2 Å². The third-order valence-electron chi connectivity index (χ3n) is 4.51. The summed E-state index contributed by atoms with van der Waals surface area (Å²) in [6.45, 7) is 2.21. The fourth-order valence-electron chi connectivity index (χ4n) is 3.08. The highest BCUT2D eigenvalue weighted by atomic mass is 19.1. The summed E-state index contributed by atoms with van der Waals surface area (Å²) in [7, 11) is 1.44. The summed E-state index contributed by atoms with van der Waals surface area (Å²) in [5.41, 5.74) is 0.451. The molecule has 1 aromatic rings. The molecule has 0 bridgehead atoms. The Morgan fingerprint density at radius 1 is 1.30 bits per heavy atom. The molecule has 110 valence electrons. The molecule has 0 saturated heterocycles. The van der Waals surface area contributed by atoms with Crippen molar-refractivity contribution in [2.75, 3.05) is 7.11 Å². The lowest BCUT2D eigenvalue weighted by Gasteiger charge is -2.26. The van der Waals surface area contributed by atoms with Crippen molar-refractivity contribution in [3.05, 3.63) is 29.6 Å². The first-order valence-corrected chi connectivity index (χ1v) is 7.49. The summed E-state index contributed by atoms with van der Waals surface area (Å²) in [5.74, 6) is 0.873. The molecule has 0 spiro atoms. The molecule has 1 saturated carbocycles. The third kappa shape index (κ3) is 3.38. The molecule has 2 rings (SSSR count). The molecular formula is C17H23FO2. The standard InChI is InChI=1S/C17H23FO2/c1-3-12-7-9-13(10-8-12)15(19)11-14-5-4-6-16(20-2)17(14)18/h4-6,12-13H,3,7-11H2,1-2H3. The zero-order chi connectivity index (χ0) is 14.5. The van der Waals surface area contributed by atoms with Crippen LogP contribution in [-0.2, 0) is 11.2 Å². The van der Waals surface area contributed by atoms with Crippen LogP contribution in [0.3, 0.4) is 0 Å². The number of methoxy groups -OCH3 is 1. The Labute approximate surface area is 120 Å². The molecule has 1 aromatic carbocycles. The number of Topliss-reactive ketones (excluding diaryl/α,β-unsaturated/α-hetero) is 1. The van der Waals surface area contributed by atoms with Gasteiger partial charge in [-0.2, -0.15) is 0 Å². The van der Waals surface area contributed by atoms with E-state index < -0.39 is 5.82 Å². The lowest BCUT2D eigenvalue weighted by Crippen LogP contribution is -2.23. The number of hydrogen-bond acceptors (Lipinski definition) is 2. The summed E-state index contributed by atoms with van der Waals surface area (Å²) in [4.78, 5) is 12.3. The van der Waals surface area contributed by atoms with E-state index in [2.05, 4.69) is 6.92 Å². The number of ether oxygens (including phenoxy) is 1. The average Bonchev–Trinajstić information content (AvgIpc) is 2.49. The van der Waals surface area contributed by atoms with Crippen molar-refractivity contribution in [1.29, 1.82) is 0 Å². The maximum Gasteiger partial charge on any atom is 0.168 e. The molecule has 20 heavy (non-hydrogen) atoms. The van der Waals surface area contributed by atoms with E-state index in [4.69, 9.17) is 4.74 Å². The zero-order valence-corrected chi connectivity index (χ0v) is 12.3. The van der Waals surface area contributed by atoms with Gasteiger partial charge in [0.15, 0.2) is 11.6 Å². The smallest absolute Gasteiger partial charge is 0.168 e. The highest BCUT2D eigenvalue weighted by Crippen LogP contribution is 2.32. The van der Waals surface area contributed by atoms with Crippen molar-refractivity contribution in [3.8, 4) is 5.75 Å². The second-order valence-electron chi connectivity index (χ2n) is 5.70. The highest BCUT2D eigenvalue weighted by Gasteiger charge is 2.26. The van der Waals surface area contributed by atoms with Gasteiger partial charge in [0.2, 0.25) is 0 Å². The van der Waals surface area contributed by atoms with Gasteiger partial charge >= 0.3 is 0 Å². The number of benzene rings is 1. The molecule has 1 aliphatic carbocycles. The van der Waals surface area contributed by atoms with Crippen LogP contribution in [0, 0.1) is 17.7 Å². The predicted octanol–water partition coefficient (Wildman–Crippen LogP) is 4.16. The Kier molecular flexibility index (Phi) is 5.16. The summed E-state index contributed by atoms with van der Waals surface area (Å²) in [6, 6.07) is 4.99. The Bertz CT molecular complexity index is 462. The van der Waals surface area contributed by atoms with Crippen molar-refractivity contribution in [2.45, 2.75) is 45.4 Å². The Morgan fingerprint density at radius 2 is 2.00 bits per heavy atom. The number of rotatable bonds is 5. The van der Waals surface area contributed by atoms with Gasteiger partial charge in [-0.05, 0) is 43.2 Å². The van der Waals surface area contributed by atoms with Gasteiger partial charge in [-0.3, -0.25) is 4.79 Å². The fourth-order valence-corrected chi connectivity index (χ4v) is 3.08. The van der Waals surface area contributed by atoms with E-state index in [0.29, 0.717) is 5.56 Å². The molecule has 1 fully saturated rings. The van der Waals surface area contributed by atoms with Crippen molar-refractivity contribution in [1.82, 2.24) is 0 Å². The summed E-state index contributed by atoms with van der Waals surface area (Å²) in [5, 5.41) is 0. The SMILES string of the molecule is CCC1CCC(C(=O)Cc2cccc(OC)c2F)CC1. The summed E-state index contributed by atoms with van der Waals surface area (Å²) >= 11 is 0. The van der Waals surface area contributed by atoms with E-state index in [9.17, 15) is 9.18 Å². The molecule has 0 aromatic heterocycles. The maximum absolute atomic E-state index is 14.0. The predicted molar refractivity (Wildman–Crippen MR) is 77.4 cm³/mol. The van der Waals surface area contributed by atoms with Crippen LogP contribution >= 0.6 is 0 Å². The largest absolute Gasteiger partial charge is 0.494 e. The first-order chi connectivity index (χ1) is 9.65. The van der Waals surface area contributed by atoms with E-state index in [1.807, 2.05) is 0 Å². The molecule has 0 heterocycles. The van der Waals surface area contributed by atoms with Crippen LogP contribution in [0.1, 0.15) is 44.6 Å². The van der Waals surface area contributed by atoms with E-state index >= 15 is 0 Å². The quantitative estimate of drug-likeness (QED) is 0.808. The number of carbonyl (C=O) groups is 1. The van der Waals surface area contributed by atoms with E-state index in [1.54, 1.807) is 18.2 Å². The monoisotopic (exact) mass is 278 g/mol. The van der Waals surface area contributed by atoms with E-state index in [1.165, 1.54) is 13.5 Å². The maximum atomic E-state index is 14.0. The van der Waals surface area contributed by atoms with Gasteiger partial charge in [0, 0.05) is 12.3 Å². The second-order valence-corrected chi connectivity index (χ2v) is 5.70. The van der Waals surface area contributed by atoms with Gasteiger partial charge < -0.3 is 4.74 Å². The Hall–Kier alpha value is -1.38. The van der Waals surface area contributed by atoms with Crippen LogP contribution in [0.5, 0.6) is 5.75 Å². The molecule has 0 N–H and O–H groups in total. The van der Waals surface area contributed by atoms with Crippen molar-refractivity contribution in [3.63, 3.8) is 0 Å². The first-order valence-electron chi connectivity index (χ1n) is 7.49. The van der Waals surface area contributed by atoms with Crippen molar-refractivity contribution >= 4 is 5.78 Å². The number of carbonyl (C=O) groups excluding carboxylic acids is 1. The van der Waals surface area contributed by atoms with Gasteiger partial charge in [-0.25, -0.2) is 4.39 Å². The van der Waals surface area contributed by atoms with Crippen LogP contribution in [0.2, 0.25) is 0 Å². The van der Waals surface area contributed by atoms with Gasteiger partial charge in [-0.1, -0.05) is 25.5 Å². The number of halogens is 1. The summed E-state index contributed by atoms with van der Waals surface area (Å²) < 4.78 is 19.0. The Balaban J connectivity index is 1.98. The van der Waals surface area contributed by atoms with E-state index in [-0.39, 0.29) is 23.9 Å². The lowest BCUT2D eigenvalue weighted by molar-refractivity contribution is -0.123. The molecule has 3 heteroatoms. The molecule has 0 atom stereocenters. The van der Waals surface area contributed by atoms with E-state index in [0.717, 1.165) is 31.6 Å². The fraction of sp³-hybridized carbons (Fsp3) is 0.588. The zero-order valence-electron chi connectivity index (χ0n) is 12.3. The van der Waals surface area contributed by atoms with Gasteiger partial charge in [0.05, 0.1) is 7.11 Å². The molecule has 0 aliphatic heterocycles. The average molecular weight is 278 g/mol. The minimum atomic E-state index is -0.398. The summed E-state index contributed by atoms with van der Waals surface area (Å²) in [6.07, 6.45) is 5.57. The van der Waals surface area contributed by atoms with Crippen molar-refractivity contribution in [2.24, 2.45) is 11.8 Å². The first kappa shape index (κ1) is 15.0. The van der Waals surface area contributed by atoms with Crippen molar-refractivity contribution < 1.29 is 13.9 Å². The Morgan fingerprint density at radius 3 is 2.60 bits per heavy atom. The topological polar surface area (TPSA) is 26.3 Å². The minimum Gasteiger partial charge on any atom is -0.494 e.